The minimum atomic E-state index is -0.234. The van der Waals surface area contributed by atoms with Crippen LogP contribution in [0.2, 0.25) is 0 Å². The van der Waals surface area contributed by atoms with Gasteiger partial charge in [0.05, 0.1) is 25.0 Å². The largest absolute Gasteiger partial charge is 0.481 e. The highest BCUT2D eigenvalue weighted by Crippen LogP contribution is 2.20. The van der Waals surface area contributed by atoms with Crippen LogP contribution in [0.25, 0.3) is 0 Å². The topological polar surface area (TPSA) is 90.9 Å². The molecular formula is C12H18N6O. The molecule has 7 nitrogen and oxygen atoms in total. The maximum absolute atomic E-state index is 5.62. The number of nitrogens with one attached hydrogen (secondary N) is 1. The highest BCUT2D eigenvalue weighted by Gasteiger charge is 2.16. The molecule has 0 radical (unpaired) electrons. The molecule has 2 aromatic rings. The summed E-state index contributed by atoms with van der Waals surface area (Å²) in [6.07, 6.45) is 6.23. The van der Waals surface area contributed by atoms with E-state index in [1.807, 2.05) is 10.9 Å². The summed E-state index contributed by atoms with van der Waals surface area (Å²) in [5, 5.41) is 4.29. The SMILES string of the molecule is CCCn1cc(C(NN)c2cc(OC)ncn2)cn1. The second kappa shape index (κ2) is 6.26. The molecule has 7 heteroatoms. The van der Waals surface area contributed by atoms with Crippen LogP contribution in [0.3, 0.4) is 0 Å². The van der Waals surface area contributed by atoms with E-state index in [9.17, 15) is 0 Å². The molecule has 0 aromatic carbocycles. The zero-order chi connectivity index (χ0) is 13.7. The van der Waals surface area contributed by atoms with Gasteiger partial charge < -0.3 is 4.74 Å². The summed E-state index contributed by atoms with van der Waals surface area (Å²) in [7, 11) is 1.57. The van der Waals surface area contributed by atoms with Crippen molar-refractivity contribution in [1.82, 2.24) is 25.2 Å². The second-order valence-electron chi connectivity index (χ2n) is 4.12. The van der Waals surface area contributed by atoms with Gasteiger partial charge in [-0.2, -0.15) is 5.10 Å². The normalized spacial score (nSPS) is 12.4. The summed E-state index contributed by atoms with van der Waals surface area (Å²) in [4.78, 5) is 8.20. The number of nitrogens with zero attached hydrogens (tertiary/aromatic N) is 4. The molecule has 0 aliphatic rings. The van der Waals surface area contributed by atoms with E-state index in [-0.39, 0.29) is 6.04 Å². The highest BCUT2D eigenvalue weighted by atomic mass is 16.5. The van der Waals surface area contributed by atoms with Gasteiger partial charge in [-0.1, -0.05) is 6.92 Å². The van der Waals surface area contributed by atoms with Crippen LogP contribution >= 0.6 is 0 Å². The second-order valence-corrected chi connectivity index (χ2v) is 4.12. The summed E-state index contributed by atoms with van der Waals surface area (Å²) in [5.41, 5.74) is 4.44. The lowest BCUT2D eigenvalue weighted by Gasteiger charge is -2.13. The fourth-order valence-electron chi connectivity index (χ4n) is 1.86. The van der Waals surface area contributed by atoms with Crippen molar-refractivity contribution >= 4 is 0 Å². The lowest BCUT2D eigenvalue weighted by molar-refractivity contribution is 0.395. The fourth-order valence-corrected chi connectivity index (χ4v) is 1.86. The Morgan fingerprint density at radius 2 is 2.32 bits per heavy atom. The van der Waals surface area contributed by atoms with E-state index < -0.39 is 0 Å². The van der Waals surface area contributed by atoms with Gasteiger partial charge in [0.1, 0.15) is 6.33 Å². The molecule has 3 N–H and O–H groups in total. The Hall–Kier alpha value is -1.99. The molecule has 0 aliphatic heterocycles. The van der Waals surface area contributed by atoms with E-state index in [1.165, 1.54) is 6.33 Å². The number of hydrazine groups is 1. The number of hydrogen-bond donors (Lipinski definition) is 2. The van der Waals surface area contributed by atoms with Gasteiger partial charge in [-0.15, -0.1) is 0 Å². The van der Waals surface area contributed by atoms with E-state index in [4.69, 9.17) is 10.6 Å². The van der Waals surface area contributed by atoms with Crippen LogP contribution in [0.1, 0.15) is 30.6 Å². The van der Waals surface area contributed by atoms with Crippen molar-refractivity contribution in [2.45, 2.75) is 25.9 Å². The number of ether oxygens (including phenoxy) is 1. The summed E-state index contributed by atoms with van der Waals surface area (Å²) in [6, 6.07) is 1.52. The number of rotatable bonds is 6. The van der Waals surface area contributed by atoms with E-state index in [1.54, 1.807) is 19.4 Å². The van der Waals surface area contributed by atoms with Gasteiger partial charge in [-0.05, 0) is 6.42 Å². The molecule has 1 unspecified atom stereocenters. The number of aryl methyl sites for hydroxylation is 1. The summed E-state index contributed by atoms with van der Waals surface area (Å²) in [6.45, 7) is 2.99. The summed E-state index contributed by atoms with van der Waals surface area (Å²) in [5.74, 6) is 6.13. The molecule has 2 heterocycles. The van der Waals surface area contributed by atoms with Gasteiger partial charge in [-0.25, -0.2) is 15.4 Å². The maximum atomic E-state index is 5.62. The Bertz CT molecular complexity index is 526. The third-order valence-corrected chi connectivity index (χ3v) is 2.77. The third kappa shape index (κ3) is 3.07. The zero-order valence-corrected chi connectivity index (χ0v) is 11.1. The van der Waals surface area contributed by atoms with Gasteiger partial charge >= 0.3 is 0 Å². The highest BCUT2D eigenvalue weighted by molar-refractivity contribution is 5.26. The van der Waals surface area contributed by atoms with Gasteiger partial charge in [-0.3, -0.25) is 10.5 Å². The molecule has 1 atom stereocenters. The smallest absolute Gasteiger partial charge is 0.216 e. The Balaban J connectivity index is 2.26. The first kappa shape index (κ1) is 13.4. The van der Waals surface area contributed by atoms with Crippen molar-refractivity contribution in [2.24, 2.45) is 5.84 Å². The predicted octanol–water partition coefficient (Wildman–Crippen LogP) is 0.644. The van der Waals surface area contributed by atoms with Crippen LogP contribution < -0.4 is 16.0 Å². The molecule has 0 spiro atoms. The number of hydrogen-bond acceptors (Lipinski definition) is 6. The standard InChI is InChI=1S/C12H18N6O/c1-3-4-18-7-9(6-16-18)12(17-13)10-5-11(19-2)15-8-14-10/h5-8,12,17H,3-4,13H2,1-2H3. The number of nitrogens with two attached hydrogens (primary N) is 1. The molecule has 0 amide bonds. The van der Waals surface area contributed by atoms with E-state index in [0.717, 1.165) is 24.2 Å². The van der Waals surface area contributed by atoms with Crippen molar-refractivity contribution in [2.75, 3.05) is 7.11 Å². The van der Waals surface area contributed by atoms with E-state index in [2.05, 4.69) is 27.4 Å². The van der Waals surface area contributed by atoms with Crippen molar-refractivity contribution in [1.29, 1.82) is 0 Å². The van der Waals surface area contributed by atoms with Gasteiger partial charge in [0, 0.05) is 24.4 Å². The molecule has 0 aliphatic carbocycles. The third-order valence-electron chi connectivity index (χ3n) is 2.77. The molecule has 0 saturated carbocycles. The van der Waals surface area contributed by atoms with Gasteiger partial charge in [0.15, 0.2) is 0 Å². The maximum Gasteiger partial charge on any atom is 0.216 e. The van der Waals surface area contributed by atoms with Crippen LogP contribution in [-0.2, 0) is 6.54 Å². The lowest BCUT2D eigenvalue weighted by Crippen LogP contribution is -2.29. The van der Waals surface area contributed by atoms with Crippen LogP contribution in [0, 0.1) is 0 Å². The predicted molar refractivity (Wildman–Crippen MR) is 70.3 cm³/mol. The quantitative estimate of drug-likeness (QED) is 0.586. The zero-order valence-electron chi connectivity index (χ0n) is 11.1. The minimum absolute atomic E-state index is 0.234. The number of methoxy groups -OCH3 is 1. The van der Waals surface area contributed by atoms with Gasteiger partial charge in [0.25, 0.3) is 0 Å². The minimum Gasteiger partial charge on any atom is -0.481 e. The fraction of sp³-hybridized carbons (Fsp3) is 0.417. The van der Waals surface area contributed by atoms with Crippen molar-refractivity contribution in [3.8, 4) is 5.88 Å². The first-order valence-corrected chi connectivity index (χ1v) is 6.13. The molecule has 2 aromatic heterocycles. The van der Waals surface area contributed by atoms with Crippen molar-refractivity contribution < 1.29 is 4.74 Å². The molecule has 2 rings (SSSR count). The average molecular weight is 262 g/mol. The lowest BCUT2D eigenvalue weighted by atomic mass is 10.1. The molecule has 0 saturated heterocycles. The first-order valence-electron chi connectivity index (χ1n) is 6.13. The van der Waals surface area contributed by atoms with Crippen LogP contribution in [-0.4, -0.2) is 26.9 Å². The van der Waals surface area contributed by atoms with Crippen molar-refractivity contribution in [3.05, 3.63) is 36.0 Å². The molecule has 0 fully saturated rings. The molecule has 102 valence electrons. The Morgan fingerprint density at radius 3 is 3.00 bits per heavy atom. The molecule has 19 heavy (non-hydrogen) atoms. The van der Waals surface area contributed by atoms with Crippen molar-refractivity contribution in [3.63, 3.8) is 0 Å². The van der Waals surface area contributed by atoms with Crippen LogP contribution in [0.4, 0.5) is 0 Å². The number of aromatic nitrogens is 4. The Kier molecular flexibility index (Phi) is 4.43. The average Bonchev–Trinajstić information content (AvgIpc) is 2.89. The monoisotopic (exact) mass is 262 g/mol. The Labute approximate surface area is 111 Å². The van der Waals surface area contributed by atoms with Gasteiger partial charge in [0.2, 0.25) is 5.88 Å². The van der Waals surface area contributed by atoms with Crippen LogP contribution in [0.5, 0.6) is 5.88 Å². The summed E-state index contributed by atoms with van der Waals surface area (Å²) >= 11 is 0. The molecular weight excluding hydrogens is 244 g/mol. The summed E-state index contributed by atoms with van der Waals surface area (Å²) < 4.78 is 6.98. The first-order chi connectivity index (χ1) is 9.28. The van der Waals surface area contributed by atoms with E-state index in [0.29, 0.717) is 5.88 Å². The van der Waals surface area contributed by atoms with E-state index >= 15 is 0 Å². The van der Waals surface area contributed by atoms with Crippen LogP contribution in [0.15, 0.2) is 24.8 Å². The molecule has 0 bridgehead atoms. The Morgan fingerprint density at radius 1 is 1.47 bits per heavy atom.